The van der Waals surface area contributed by atoms with Gasteiger partial charge in [0.1, 0.15) is 11.2 Å². The first-order valence-electron chi connectivity index (χ1n) is 16.8. The Hall–Kier alpha value is -6.21. The summed E-state index contributed by atoms with van der Waals surface area (Å²) in [5, 5.41) is 7.20. The minimum Gasteiger partial charge on any atom is -0.456 e. The fourth-order valence-corrected chi connectivity index (χ4v) is 9.66. The molecule has 6 heteroatoms. The van der Waals surface area contributed by atoms with Gasteiger partial charge in [-0.2, -0.15) is 0 Å². The molecule has 238 valence electrons. The Morgan fingerprint density at radius 2 is 0.961 bits per heavy atom. The third-order valence-electron chi connectivity index (χ3n) is 9.75. The largest absolute Gasteiger partial charge is 0.456 e. The lowest BCUT2D eigenvalue weighted by Gasteiger charge is -2.09. The Labute approximate surface area is 299 Å². The smallest absolute Gasteiger partial charge is 0.164 e. The summed E-state index contributed by atoms with van der Waals surface area (Å²) in [6.45, 7) is 0. The summed E-state index contributed by atoms with van der Waals surface area (Å²) in [5.41, 5.74) is 6.87. The molecule has 0 saturated heterocycles. The van der Waals surface area contributed by atoms with E-state index in [0.717, 1.165) is 44.2 Å². The summed E-state index contributed by atoms with van der Waals surface area (Å²) in [6.07, 6.45) is 0. The molecular weight excluding hydrogens is 663 g/mol. The van der Waals surface area contributed by atoms with Crippen LogP contribution in [0.4, 0.5) is 0 Å². The summed E-state index contributed by atoms with van der Waals surface area (Å²) in [6, 6.07) is 53.2. The average molecular weight is 688 g/mol. The molecule has 7 aromatic carbocycles. The van der Waals surface area contributed by atoms with Gasteiger partial charge < -0.3 is 4.42 Å². The van der Waals surface area contributed by atoms with Crippen molar-refractivity contribution in [3.8, 4) is 45.3 Å². The highest BCUT2D eigenvalue weighted by atomic mass is 32.1. The molecular formula is C45H25N3OS2. The van der Waals surface area contributed by atoms with Crippen LogP contribution in [-0.4, -0.2) is 15.0 Å². The molecule has 11 rings (SSSR count). The van der Waals surface area contributed by atoms with Crippen LogP contribution in [0.1, 0.15) is 0 Å². The van der Waals surface area contributed by atoms with Crippen molar-refractivity contribution in [3.05, 3.63) is 152 Å². The van der Waals surface area contributed by atoms with Crippen LogP contribution in [0.5, 0.6) is 0 Å². The van der Waals surface area contributed by atoms with Crippen molar-refractivity contribution in [1.29, 1.82) is 0 Å². The lowest BCUT2D eigenvalue weighted by atomic mass is 10.0. The Kier molecular flexibility index (Phi) is 6.26. The van der Waals surface area contributed by atoms with Crippen LogP contribution in [0.2, 0.25) is 0 Å². The van der Waals surface area contributed by atoms with Gasteiger partial charge in [0.2, 0.25) is 0 Å². The Morgan fingerprint density at radius 1 is 0.353 bits per heavy atom. The van der Waals surface area contributed by atoms with Crippen molar-refractivity contribution >= 4 is 85.0 Å². The number of benzene rings is 7. The van der Waals surface area contributed by atoms with Gasteiger partial charge in [-0.05, 0) is 59.7 Å². The highest BCUT2D eigenvalue weighted by Gasteiger charge is 2.17. The number of hydrogen-bond donors (Lipinski definition) is 0. The number of rotatable bonds is 4. The van der Waals surface area contributed by atoms with Gasteiger partial charge in [-0.15, -0.1) is 22.7 Å². The molecule has 4 nitrogen and oxygen atoms in total. The minimum absolute atomic E-state index is 0.625. The predicted molar refractivity (Wildman–Crippen MR) is 215 cm³/mol. The van der Waals surface area contributed by atoms with Gasteiger partial charge in [-0.3, -0.25) is 0 Å². The summed E-state index contributed by atoms with van der Waals surface area (Å²) in [4.78, 5) is 15.1. The van der Waals surface area contributed by atoms with E-state index in [0.29, 0.717) is 17.5 Å². The summed E-state index contributed by atoms with van der Waals surface area (Å²) in [7, 11) is 0. The van der Waals surface area contributed by atoms with Crippen molar-refractivity contribution in [2.24, 2.45) is 0 Å². The molecule has 0 unspecified atom stereocenters. The highest BCUT2D eigenvalue weighted by Crippen LogP contribution is 2.42. The van der Waals surface area contributed by atoms with Crippen LogP contribution < -0.4 is 0 Å². The molecule has 0 N–H and O–H groups in total. The Balaban J connectivity index is 1.04. The molecule has 11 aromatic rings. The molecule has 0 radical (unpaired) electrons. The second-order valence-electron chi connectivity index (χ2n) is 12.8. The van der Waals surface area contributed by atoms with Crippen LogP contribution in [0.3, 0.4) is 0 Å². The minimum atomic E-state index is 0.625. The maximum absolute atomic E-state index is 6.48. The van der Waals surface area contributed by atoms with Gasteiger partial charge >= 0.3 is 0 Å². The first kappa shape index (κ1) is 28.6. The third kappa shape index (κ3) is 4.61. The highest BCUT2D eigenvalue weighted by molar-refractivity contribution is 7.26. The standard InChI is InChI=1S/C45H25N3OS2/c1-2-9-26(10-3-1)43-46-44(48-45(47-43)29-18-21-34-32-11-4-6-15-39(32)50-41(34)25-29)28-19-22-37-36(23-28)31-20-17-27(24-38(31)49-37)30-13-8-14-35-33-12-5-7-16-40(33)51-42(30)35/h1-25H. The van der Waals surface area contributed by atoms with E-state index in [1.54, 1.807) is 11.3 Å². The van der Waals surface area contributed by atoms with E-state index in [1.165, 1.54) is 45.9 Å². The van der Waals surface area contributed by atoms with Crippen molar-refractivity contribution in [2.45, 2.75) is 0 Å². The maximum Gasteiger partial charge on any atom is 0.164 e. The summed E-state index contributed by atoms with van der Waals surface area (Å²) < 4.78 is 11.6. The van der Waals surface area contributed by atoms with Crippen LogP contribution in [0.25, 0.3) is 108 Å². The monoisotopic (exact) mass is 687 g/mol. The molecule has 51 heavy (non-hydrogen) atoms. The number of thiophene rings is 2. The zero-order valence-corrected chi connectivity index (χ0v) is 28.6. The number of furan rings is 1. The van der Waals surface area contributed by atoms with E-state index in [-0.39, 0.29) is 0 Å². The van der Waals surface area contributed by atoms with Gasteiger partial charge in [0, 0.05) is 67.8 Å². The number of nitrogens with zero attached hydrogens (tertiary/aromatic N) is 3. The third-order valence-corrected chi connectivity index (χ3v) is 12.1. The normalized spacial score (nSPS) is 11.9. The molecule has 0 aliphatic heterocycles. The number of aromatic nitrogens is 3. The van der Waals surface area contributed by atoms with Crippen molar-refractivity contribution < 1.29 is 4.42 Å². The predicted octanol–water partition coefficient (Wildman–Crippen LogP) is 13.2. The zero-order valence-electron chi connectivity index (χ0n) is 27.0. The fourth-order valence-electron chi connectivity index (χ4n) is 7.27. The lowest BCUT2D eigenvalue weighted by molar-refractivity contribution is 0.669. The van der Waals surface area contributed by atoms with Gasteiger partial charge in [-0.1, -0.05) is 103 Å². The second kappa shape index (κ2) is 11.2. The quantitative estimate of drug-likeness (QED) is 0.185. The van der Waals surface area contributed by atoms with Crippen LogP contribution >= 0.6 is 22.7 Å². The van der Waals surface area contributed by atoms with Crippen molar-refractivity contribution in [3.63, 3.8) is 0 Å². The molecule has 0 aliphatic rings. The van der Waals surface area contributed by atoms with Crippen LogP contribution in [0, 0.1) is 0 Å². The topological polar surface area (TPSA) is 51.8 Å². The fraction of sp³-hybridized carbons (Fsp3) is 0. The summed E-state index contributed by atoms with van der Waals surface area (Å²) >= 11 is 3.64. The molecule has 4 aromatic heterocycles. The first-order valence-corrected chi connectivity index (χ1v) is 18.5. The Bertz CT molecular complexity index is 3160. The zero-order chi connectivity index (χ0) is 33.5. The van der Waals surface area contributed by atoms with Gasteiger partial charge in [0.25, 0.3) is 0 Å². The molecule has 0 spiro atoms. The van der Waals surface area contributed by atoms with Crippen LogP contribution in [0.15, 0.2) is 156 Å². The van der Waals surface area contributed by atoms with Crippen molar-refractivity contribution in [1.82, 2.24) is 15.0 Å². The van der Waals surface area contributed by atoms with E-state index in [9.17, 15) is 0 Å². The second-order valence-corrected chi connectivity index (χ2v) is 14.9. The average Bonchev–Trinajstić information content (AvgIpc) is 3.88. The van der Waals surface area contributed by atoms with E-state index in [4.69, 9.17) is 19.4 Å². The molecule has 0 amide bonds. The molecule has 0 aliphatic carbocycles. The van der Waals surface area contributed by atoms with E-state index in [2.05, 4.69) is 109 Å². The van der Waals surface area contributed by atoms with Gasteiger partial charge in [0.05, 0.1) is 0 Å². The van der Waals surface area contributed by atoms with Gasteiger partial charge in [-0.25, -0.2) is 15.0 Å². The van der Waals surface area contributed by atoms with E-state index < -0.39 is 0 Å². The Morgan fingerprint density at radius 3 is 1.78 bits per heavy atom. The SMILES string of the molecule is c1ccc(-c2nc(-c3ccc4c(c3)sc3ccccc34)nc(-c3ccc4oc5cc(-c6cccc7c6sc6ccccc67)ccc5c4c3)n2)cc1. The summed E-state index contributed by atoms with van der Waals surface area (Å²) in [5.74, 6) is 1.92. The van der Waals surface area contributed by atoms with E-state index >= 15 is 0 Å². The molecule has 4 heterocycles. The molecule has 0 bridgehead atoms. The number of hydrogen-bond acceptors (Lipinski definition) is 6. The molecule has 0 fully saturated rings. The molecule has 0 saturated carbocycles. The van der Waals surface area contributed by atoms with Crippen LogP contribution in [-0.2, 0) is 0 Å². The van der Waals surface area contributed by atoms with Crippen molar-refractivity contribution in [2.75, 3.05) is 0 Å². The van der Waals surface area contributed by atoms with Gasteiger partial charge in [0.15, 0.2) is 17.5 Å². The molecule has 0 atom stereocenters. The first-order chi connectivity index (χ1) is 25.2. The van der Waals surface area contributed by atoms with E-state index in [1.807, 2.05) is 53.8 Å². The lowest BCUT2D eigenvalue weighted by Crippen LogP contribution is -2.00. The maximum atomic E-state index is 6.48. The number of fused-ring (bicyclic) bond motifs is 9.